The summed E-state index contributed by atoms with van der Waals surface area (Å²) in [4.78, 5) is 35.9. The van der Waals surface area contributed by atoms with E-state index in [-0.39, 0.29) is 23.0 Å². The molecule has 31 heavy (non-hydrogen) atoms. The van der Waals surface area contributed by atoms with E-state index < -0.39 is 0 Å². The molecule has 1 N–H and O–H groups in total. The molecular weight excluding hydrogens is 433 g/mol. The van der Waals surface area contributed by atoms with Gasteiger partial charge < -0.3 is 9.88 Å². The van der Waals surface area contributed by atoms with Crippen LogP contribution in [0.25, 0.3) is 21.3 Å². The molecule has 158 valence electrons. The highest BCUT2D eigenvalue weighted by Gasteiger charge is 2.18. The Labute approximate surface area is 187 Å². The molecule has 8 heteroatoms. The first kappa shape index (κ1) is 21.3. The maximum absolute atomic E-state index is 13.3. The normalized spacial score (nSPS) is 11.1. The summed E-state index contributed by atoms with van der Waals surface area (Å²) in [7, 11) is 1.76. The van der Waals surface area contributed by atoms with Gasteiger partial charge in [0.2, 0.25) is 5.91 Å². The Morgan fingerprint density at radius 3 is 2.58 bits per heavy atom. The number of hydrogen-bond acceptors (Lipinski definition) is 5. The summed E-state index contributed by atoms with van der Waals surface area (Å²) in [5, 5.41) is 0.900. The fraction of sp³-hybridized carbons (Fsp3) is 0.174. The Hall–Kier alpha value is -2.97. The van der Waals surface area contributed by atoms with E-state index in [9.17, 15) is 14.0 Å². The molecule has 1 amide bonds. The maximum atomic E-state index is 13.3. The predicted molar refractivity (Wildman–Crippen MR) is 124 cm³/mol. The molecule has 0 aliphatic rings. The van der Waals surface area contributed by atoms with Gasteiger partial charge in [0.15, 0.2) is 5.16 Å². The molecule has 4 rings (SSSR count). The molecule has 2 aromatic heterocycles. The van der Waals surface area contributed by atoms with E-state index in [0.717, 1.165) is 21.6 Å². The first-order valence-electron chi connectivity index (χ1n) is 9.62. The SMILES string of the molecule is Cc1sc2nc(SCC(=O)N(C)Cc3ccccc3)[nH]c(=O)c2c1-c1ccc(F)cc1. The number of hydrogen-bond donors (Lipinski definition) is 1. The van der Waals surface area contributed by atoms with Crippen LogP contribution in [-0.2, 0) is 11.3 Å². The first-order chi connectivity index (χ1) is 14.9. The van der Waals surface area contributed by atoms with Crippen LogP contribution in [0.2, 0.25) is 0 Å². The van der Waals surface area contributed by atoms with E-state index in [4.69, 9.17) is 0 Å². The van der Waals surface area contributed by atoms with Gasteiger partial charge in [0.1, 0.15) is 10.6 Å². The number of fused-ring (bicyclic) bond motifs is 1. The van der Waals surface area contributed by atoms with Crippen molar-refractivity contribution in [3.05, 3.63) is 81.2 Å². The van der Waals surface area contributed by atoms with Crippen LogP contribution < -0.4 is 5.56 Å². The van der Waals surface area contributed by atoms with Crippen LogP contribution >= 0.6 is 23.1 Å². The number of halogens is 1. The second-order valence-corrected chi connectivity index (χ2v) is 9.28. The number of carbonyl (C=O) groups excluding carboxylic acids is 1. The van der Waals surface area contributed by atoms with Gasteiger partial charge in [0.25, 0.3) is 5.56 Å². The van der Waals surface area contributed by atoms with Crippen LogP contribution in [0, 0.1) is 12.7 Å². The Morgan fingerprint density at radius 2 is 1.87 bits per heavy atom. The number of thioether (sulfide) groups is 1. The molecule has 0 fully saturated rings. The van der Waals surface area contributed by atoms with Gasteiger partial charge in [0, 0.05) is 24.0 Å². The zero-order chi connectivity index (χ0) is 22.0. The van der Waals surface area contributed by atoms with Crippen molar-refractivity contribution in [1.29, 1.82) is 0 Å². The molecule has 0 spiro atoms. The minimum Gasteiger partial charge on any atom is -0.341 e. The maximum Gasteiger partial charge on any atom is 0.260 e. The lowest BCUT2D eigenvalue weighted by atomic mass is 10.0. The molecule has 2 aromatic carbocycles. The molecule has 0 unspecified atom stereocenters. The third-order valence-corrected chi connectivity index (χ3v) is 6.73. The Kier molecular flexibility index (Phi) is 6.20. The number of nitrogens with one attached hydrogen (secondary N) is 1. The lowest BCUT2D eigenvalue weighted by Crippen LogP contribution is -2.27. The topological polar surface area (TPSA) is 66.1 Å². The molecule has 2 heterocycles. The average Bonchev–Trinajstić information content (AvgIpc) is 3.09. The number of aromatic amines is 1. The molecular formula is C23H20FN3O2S2. The van der Waals surface area contributed by atoms with Crippen LogP contribution in [-0.4, -0.2) is 33.6 Å². The molecule has 0 aliphatic carbocycles. The summed E-state index contributed by atoms with van der Waals surface area (Å²) in [5.41, 5.74) is 2.33. The number of rotatable bonds is 6. The van der Waals surface area contributed by atoms with Crippen molar-refractivity contribution in [2.45, 2.75) is 18.6 Å². The molecule has 0 atom stereocenters. The van der Waals surface area contributed by atoms with Crippen molar-refractivity contribution in [1.82, 2.24) is 14.9 Å². The first-order valence-corrected chi connectivity index (χ1v) is 11.4. The molecule has 5 nitrogen and oxygen atoms in total. The number of aryl methyl sites for hydroxylation is 1. The van der Waals surface area contributed by atoms with E-state index >= 15 is 0 Å². The van der Waals surface area contributed by atoms with Crippen molar-refractivity contribution >= 4 is 39.2 Å². The van der Waals surface area contributed by atoms with Gasteiger partial charge in [-0.05, 0) is 30.2 Å². The van der Waals surface area contributed by atoms with Crippen molar-refractivity contribution in [3.8, 4) is 11.1 Å². The smallest absolute Gasteiger partial charge is 0.260 e. The van der Waals surface area contributed by atoms with Crippen LogP contribution in [0.4, 0.5) is 4.39 Å². The van der Waals surface area contributed by atoms with Crippen molar-refractivity contribution in [2.24, 2.45) is 0 Å². The quantitative estimate of drug-likeness (QED) is 0.335. The van der Waals surface area contributed by atoms with Crippen molar-refractivity contribution < 1.29 is 9.18 Å². The average molecular weight is 454 g/mol. The second kappa shape index (κ2) is 9.03. The standard InChI is InChI=1S/C23H20FN3O2S2/c1-14-19(16-8-10-17(24)11-9-16)20-21(29)25-23(26-22(20)31-14)30-13-18(28)27(2)12-15-6-4-3-5-7-15/h3-11H,12-13H2,1-2H3,(H,25,26,29). The number of thiophene rings is 1. The molecule has 0 radical (unpaired) electrons. The fourth-order valence-corrected chi connectivity index (χ4v) is 5.22. The molecule has 4 aromatic rings. The monoisotopic (exact) mass is 453 g/mol. The Morgan fingerprint density at radius 1 is 1.16 bits per heavy atom. The summed E-state index contributed by atoms with van der Waals surface area (Å²) in [6.07, 6.45) is 0. The van der Waals surface area contributed by atoms with Crippen LogP contribution in [0.15, 0.2) is 64.5 Å². The number of nitrogens with zero attached hydrogens (tertiary/aromatic N) is 2. The van der Waals surface area contributed by atoms with E-state index in [0.29, 0.717) is 21.9 Å². The summed E-state index contributed by atoms with van der Waals surface area (Å²) in [6.45, 7) is 2.44. The zero-order valence-electron chi connectivity index (χ0n) is 17.0. The number of amides is 1. The lowest BCUT2D eigenvalue weighted by molar-refractivity contribution is -0.127. The minimum atomic E-state index is -0.325. The second-order valence-electron chi connectivity index (χ2n) is 7.12. The lowest BCUT2D eigenvalue weighted by Gasteiger charge is -2.16. The van der Waals surface area contributed by atoms with E-state index in [2.05, 4.69) is 9.97 Å². The third kappa shape index (κ3) is 4.70. The number of benzene rings is 2. The summed E-state index contributed by atoms with van der Waals surface area (Å²) in [6, 6.07) is 15.8. The van der Waals surface area contributed by atoms with Gasteiger partial charge in [0.05, 0.1) is 11.1 Å². The van der Waals surface area contributed by atoms with Gasteiger partial charge in [-0.1, -0.05) is 54.2 Å². The number of carbonyl (C=O) groups is 1. The van der Waals surface area contributed by atoms with Gasteiger partial charge in [-0.15, -0.1) is 11.3 Å². The highest BCUT2D eigenvalue weighted by Crippen LogP contribution is 2.36. The van der Waals surface area contributed by atoms with Crippen LogP contribution in [0.1, 0.15) is 10.4 Å². The predicted octanol–water partition coefficient (Wildman–Crippen LogP) is 4.85. The Bertz CT molecular complexity index is 1280. The number of H-pyrrole nitrogens is 1. The van der Waals surface area contributed by atoms with E-state index in [1.165, 1.54) is 35.2 Å². The van der Waals surface area contributed by atoms with E-state index in [1.807, 2.05) is 37.3 Å². The third-order valence-electron chi connectivity index (χ3n) is 4.87. The van der Waals surface area contributed by atoms with Crippen molar-refractivity contribution in [3.63, 3.8) is 0 Å². The highest BCUT2D eigenvalue weighted by molar-refractivity contribution is 7.99. The van der Waals surface area contributed by atoms with Gasteiger partial charge >= 0.3 is 0 Å². The number of aromatic nitrogens is 2. The molecule has 0 saturated heterocycles. The highest BCUT2D eigenvalue weighted by atomic mass is 32.2. The van der Waals surface area contributed by atoms with Gasteiger partial charge in [-0.25, -0.2) is 9.37 Å². The van der Waals surface area contributed by atoms with Gasteiger partial charge in [-0.2, -0.15) is 0 Å². The molecule has 0 bridgehead atoms. The van der Waals surface area contributed by atoms with Crippen LogP contribution in [0.3, 0.4) is 0 Å². The van der Waals surface area contributed by atoms with Gasteiger partial charge in [-0.3, -0.25) is 9.59 Å². The summed E-state index contributed by atoms with van der Waals surface area (Å²) < 4.78 is 13.3. The fourth-order valence-electron chi connectivity index (χ4n) is 3.32. The Balaban J connectivity index is 1.52. The summed E-state index contributed by atoms with van der Waals surface area (Å²) >= 11 is 2.62. The van der Waals surface area contributed by atoms with E-state index in [1.54, 1.807) is 24.1 Å². The largest absolute Gasteiger partial charge is 0.341 e. The van der Waals surface area contributed by atoms with Crippen LogP contribution in [0.5, 0.6) is 0 Å². The molecule has 0 saturated carbocycles. The molecule has 0 aliphatic heterocycles. The zero-order valence-corrected chi connectivity index (χ0v) is 18.6. The minimum absolute atomic E-state index is 0.0500. The summed E-state index contributed by atoms with van der Waals surface area (Å²) in [5.74, 6) is -0.202. The van der Waals surface area contributed by atoms with Crippen molar-refractivity contribution in [2.75, 3.05) is 12.8 Å².